The van der Waals surface area contributed by atoms with E-state index in [4.69, 9.17) is 5.73 Å². The van der Waals surface area contributed by atoms with Crippen molar-refractivity contribution in [3.05, 3.63) is 64.7 Å². The molecule has 30 heavy (non-hydrogen) atoms. The molecule has 3 heterocycles. The first kappa shape index (κ1) is 19.8. The Morgan fingerprint density at radius 1 is 1.23 bits per heavy atom. The van der Waals surface area contributed by atoms with Gasteiger partial charge in [0.15, 0.2) is 0 Å². The van der Waals surface area contributed by atoms with Crippen LogP contribution in [0.4, 0.5) is 5.69 Å². The number of pyridine rings is 1. The molecular formula is C23H25N5O2. The summed E-state index contributed by atoms with van der Waals surface area (Å²) in [5.74, 6) is -0.530. The van der Waals surface area contributed by atoms with Crippen LogP contribution in [0.3, 0.4) is 0 Å². The number of carbonyl (C=O) groups is 2. The van der Waals surface area contributed by atoms with Crippen LogP contribution in [0.15, 0.2) is 36.5 Å². The van der Waals surface area contributed by atoms with Gasteiger partial charge < -0.3 is 10.6 Å². The summed E-state index contributed by atoms with van der Waals surface area (Å²) in [6.45, 7) is 6.37. The Kier molecular flexibility index (Phi) is 4.89. The van der Waals surface area contributed by atoms with Crippen LogP contribution in [-0.2, 0) is 24.8 Å². The van der Waals surface area contributed by atoms with Gasteiger partial charge in [-0.25, -0.2) is 0 Å². The van der Waals surface area contributed by atoms with E-state index < -0.39 is 5.91 Å². The molecule has 4 rings (SSSR count). The number of aryl methyl sites for hydroxylation is 2. The average Bonchev–Trinajstić information content (AvgIpc) is 2.96. The molecule has 0 aliphatic carbocycles. The summed E-state index contributed by atoms with van der Waals surface area (Å²) in [5, 5.41) is 4.49. The molecule has 3 aromatic rings. The van der Waals surface area contributed by atoms with Crippen molar-refractivity contribution in [3.63, 3.8) is 0 Å². The molecule has 2 amide bonds. The molecule has 0 spiro atoms. The number of aromatic nitrogens is 3. The number of anilines is 1. The zero-order valence-corrected chi connectivity index (χ0v) is 17.6. The number of primary amides is 1. The normalized spacial score (nSPS) is 15.9. The van der Waals surface area contributed by atoms with E-state index in [0.717, 1.165) is 39.5 Å². The van der Waals surface area contributed by atoms with Crippen molar-refractivity contribution in [2.75, 3.05) is 4.90 Å². The van der Waals surface area contributed by atoms with Gasteiger partial charge in [0.1, 0.15) is 0 Å². The van der Waals surface area contributed by atoms with Crippen LogP contribution < -0.4 is 10.6 Å². The van der Waals surface area contributed by atoms with Crippen molar-refractivity contribution in [3.8, 4) is 11.1 Å². The Hall–Kier alpha value is -3.48. The Morgan fingerprint density at radius 2 is 2.00 bits per heavy atom. The largest absolute Gasteiger partial charge is 0.366 e. The second-order valence-corrected chi connectivity index (χ2v) is 7.94. The number of carbonyl (C=O) groups excluding carboxylic acids is 2. The van der Waals surface area contributed by atoms with E-state index in [1.165, 1.54) is 0 Å². The lowest BCUT2D eigenvalue weighted by Gasteiger charge is -2.32. The van der Waals surface area contributed by atoms with E-state index in [0.29, 0.717) is 18.5 Å². The molecule has 2 aromatic heterocycles. The molecule has 0 saturated carbocycles. The number of rotatable bonds is 4. The minimum atomic E-state index is -0.476. The summed E-state index contributed by atoms with van der Waals surface area (Å²) >= 11 is 0. The molecule has 7 heteroatoms. The zero-order chi connectivity index (χ0) is 21.6. The van der Waals surface area contributed by atoms with Crippen LogP contribution in [-0.4, -0.2) is 26.6 Å². The summed E-state index contributed by atoms with van der Waals surface area (Å²) in [6.07, 6.45) is 2.40. The van der Waals surface area contributed by atoms with Gasteiger partial charge in [-0.2, -0.15) is 5.10 Å². The van der Waals surface area contributed by atoms with Gasteiger partial charge in [-0.15, -0.1) is 0 Å². The number of benzene rings is 1. The lowest BCUT2D eigenvalue weighted by Crippen LogP contribution is -2.40. The van der Waals surface area contributed by atoms with Crippen molar-refractivity contribution >= 4 is 17.5 Å². The minimum Gasteiger partial charge on any atom is -0.366 e. The van der Waals surface area contributed by atoms with E-state index in [-0.39, 0.29) is 11.8 Å². The molecule has 0 radical (unpaired) electrons. The highest BCUT2D eigenvalue weighted by Gasteiger charge is 2.32. The maximum absolute atomic E-state index is 13.1. The number of hydrogen-bond acceptors (Lipinski definition) is 4. The predicted octanol–water partition coefficient (Wildman–Crippen LogP) is 2.92. The van der Waals surface area contributed by atoms with E-state index in [9.17, 15) is 9.59 Å². The fourth-order valence-electron chi connectivity index (χ4n) is 4.01. The minimum absolute atomic E-state index is 0.0787. The van der Waals surface area contributed by atoms with Crippen LogP contribution >= 0.6 is 0 Å². The SMILES string of the molecule is Cc1nn(C)c(C)c1CN1C(=O)C(C)Cc2ncc(-c3cccc(C(N)=O)c3)cc21. The van der Waals surface area contributed by atoms with E-state index >= 15 is 0 Å². The maximum atomic E-state index is 13.1. The predicted molar refractivity (Wildman–Crippen MR) is 115 cm³/mol. The number of hydrogen-bond donors (Lipinski definition) is 1. The van der Waals surface area contributed by atoms with Crippen LogP contribution in [0.2, 0.25) is 0 Å². The molecule has 1 aliphatic heterocycles. The van der Waals surface area contributed by atoms with Gasteiger partial charge in [0.05, 0.1) is 23.6 Å². The summed E-state index contributed by atoms with van der Waals surface area (Å²) < 4.78 is 1.84. The van der Waals surface area contributed by atoms with Gasteiger partial charge in [-0.05, 0) is 37.6 Å². The lowest BCUT2D eigenvalue weighted by molar-refractivity contribution is -0.122. The van der Waals surface area contributed by atoms with Crippen LogP contribution in [0.1, 0.15) is 39.9 Å². The van der Waals surface area contributed by atoms with Crippen LogP contribution in [0.25, 0.3) is 11.1 Å². The summed E-state index contributed by atoms with van der Waals surface area (Å²) in [5.41, 5.74) is 12.3. The van der Waals surface area contributed by atoms with Crippen LogP contribution in [0.5, 0.6) is 0 Å². The average molecular weight is 403 g/mol. The van der Waals surface area contributed by atoms with Gasteiger partial charge in [-0.1, -0.05) is 19.1 Å². The number of fused-ring (bicyclic) bond motifs is 1. The van der Waals surface area contributed by atoms with Gasteiger partial charge >= 0.3 is 0 Å². The quantitative estimate of drug-likeness (QED) is 0.725. The smallest absolute Gasteiger partial charge is 0.248 e. The fraction of sp³-hybridized carbons (Fsp3) is 0.304. The molecular weight excluding hydrogens is 378 g/mol. The highest BCUT2D eigenvalue weighted by Crippen LogP contribution is 2.34. The van der Waals surface area contributed by atoms with Crippen molar-refractivity contribution in [1.82, 2.24) is 14.8 Å². The third kappa shape index (κ3) is 3.36. The Bertz CT molecular complexity index is 1160. The zero-order valence-electron chi connectivity index (χ0n) is 17.6. The van der Waals surface area contributed by atoms with Gasteiger partial charge in [-0.3, -0.25) is 19.3 Å². The van der Waals surface area contributed by atoms with Gasteiger partial charge in [0, 0.05) is 48.0 Å². The third-order valence-corrected chi connectivity index (χ3v) is 5.88. The fourth-order valence-corrected chi connectivity index (χ4v) is 4.01. The third-order valence-electron chi connectivity index (χ3n) is 5.88. The Balaban J connectivity index is 1.79. The second kappa shape index (κ2) is 7.40. The number of nitrogens with two attached hydrogens (primary N) is 1. The molecule has 2 N–H and O–H groups in total. The first-order valence-corrected chi connectivity index (χ1v) is 9.96. The maximum Gasteiger partial charge on any atom is 0.248 e. The number of nitrogens with zero attached hydrogens (tertiary/aromatic N) is 4. The van der Waals surface area contributed by atoms with Gasteiger partial charge in [0.25, 0.3) is 0 Å². The van der Waals surface area contributed by atoms with Crippen molar-refractivity contribution in [1.29, 1.82) is 0 Å². The lowest BCUT2D eigenvalue weighted by atomic mass is 9.94. The molecule has 0 fully saturated rings. The molecule has 1 aliphatic rings. The molecule has 0 bridgehead atoms. The number of amides is 2. The molecule has 7 nitrogen and oxygen atoms in total. The summed E-state index contributed by atoms with van der Waals surface area (Å²) in [6, 6.07) is 9.11. The van der Waals surface area contributed by atoms with E-state index in [1.807, 2.05) is 49.5 Å². The molecule has 1 aromatic carbocycles. The summed E-state index contributed by atoms with van der Waals surface area (Å²) in [4.78, 5) is 31.2. The molecule has 1 atom stereocenters. The first-order valence-electron chi connectivity index (χ1n) is 9.96. The highest BCUT2D eigenvalue weighted by atomic mass is 16.2. The topological polar surface area (TPSA) is 94.1 Å². The molecule has 1 unspecified atom stereocenters. The highest BCUT2D eigenvalue weighted by molar-refractivity contribution is 5.98. The Labute approximate surface area is 175 Å². The monoisotopic (exact) mass is 403 g/mol. The van der Waals surface area contributed by atoms with Crippen molar-refractivity contribution < 1.29 is 9.59 Å². The standard InChI is InChI=1S/C23H25N5O2/c1-13-8-20-21(28(23(13)30)12-19-14(2)26-27(4)15(19)3)10-18(11-25-20)16-6-5-7-17(9-16)22(24)29/h5-7,9-11,13H,8,12H2,1-4H3,(H2,24,29). The van der Waals surface area contributed by atoms with Crippen molar-refractivity contribution in [2.24, 2.45) is 18.7 Å². The summed E-state index contributed by atoms with van der Waals surface area (Å²) in [7, 11) is 1.91. The van der Waals surface area contributed by atoms with Crippen LogP contribution in [0, 0.1) is 19.8 Å². The molecule has 0 saturated heterocycles. The molecule has 154 valence electrons. The van der Waals surface area contributed by atoms with E-state index in [1.54, 1.807) is 24.4 Å². The van der Waals surface area contributed by atoms with Gasteiger partial charge in [0.2, 0.25) is 11.8 Å². The Morgan fingerprint density at radius 3 is 2.67 bits per heavy atom. The first-order chi connectivity index (χ1) is 14.3. The van der Waals surface area contributed by atoms with Crippen molar-refractivity contribution in [2.45, 2.75) is 33.7 Å². The van der Waals surface area contributed by atoms with E-state index in [2.05, 4.69) is 10.1 Å². The second-order valence-electron chi connectivity index (χ2n) is 7.94.